The molecule has 0 saturated heterocycles. The van der Waals surface area contributed by atoms with Crippen molar-refractivity contribution in [3.05, 3.63) is 93.0 Å². The van der Waals surface area contributed by atoms with Crippen LogP contribution in [0.15, 0.2) is 71.1 Å². The second kappa shape index (κ2) is 12.7. The fraction of sp³-hybridized carbons (Fsp3) is 0.357. The molecular weight excluding hydrogens is 483 g/mol. The van der Waals surface area contributed by atoms with Crippen molar-refractivity contribution in [3.63, 3.8) is 0 Å². The summed E-state index contributed by atoms with van der Waals surface area (Å²) >= 11 is 6.04. The minimum absolute atomic E-state index is 0.101. The van der Waals surface area contributed by atoms with Gasteiger partial charge in [0.2, 0.25) is 0 Å². The smallest absolute Gasteiger partial charge is 0.336 e. The lowest BCUT2D eigenvalue weighted by atomic mass is 9.80. The zero-order valence-electron chi connectivity index (χ0n) is 21.1. The third-order valence-electron chi connectivity index (χ3n) is 6.23. The van der Waals surface area contributed by atoms with Gasteiger partial charge in [-0.15, -0.1) is 0 Å². The number of nitrogens with one attached hydrogen (secondary N) is 1. The Labute approximate surface area is 216 Å². The van der Waals surface area contributed by atoms with Crippen molar-refractivity contribution in [3.8, 4) is 0 Å². The Balaban J connectivity index is 1.77. The van der Waals surface area contributed by atoms with Gasteiger partial charge in [0.15, 0.2) is 0 Å². The average molecular weight is 515 g/mol. The van der Waals surface area contributed by atoms with Gasteiger partial charge in [0.1, 0.15) is 5.82 Å². The molecule has 36 heavy (non-hydrogen) atoms. The second-order valence-corrected chi connectivity index (χ2v) is 9.02. The van der Waals surface area contributed by atoms with Crippen LogP contribution in [0, 0.1) is 5.82 Å². The fourth-order valence-corrected chi connectivity index (χ4v) is 4.60. The largest absolute Gasteiger partial charge is 0.466 e. The van der Waals surface area contributed by atoms with Gasteiger partial charge in [-0.25, -0.2) is 14.0 Å². The van der Waals surface area contributed by atoms with Gasteiger partial charge < -0.3 is 14.8 Å². The Kier molecular flexibility index (Phi) is 9.67. The third-order valence-corrected chi connectivity index (χ3v) is 6.52. The van der Waals surface area contributed by atoms with E-state index in [4.69, 9.17) is 21.1 Å². The predicted molar refractivity (Wildman–Crippen MR) is 138 cm³/mol. The molecule has 1 atom stereocenters. The number of benzene rings is 2. The topological polar surface area (TPSA) is 67.9 Å². The van der Waals surface area contributed by atoms with Crippen molar-refractivity contribution in [2.45, 2.75) is 39.7 Å². The number of dihydropyridines is 1. The number of carbonyl (C=O) groups is 2. The van der Waals surface area contributed by atoms with Crippen LogP contribution < -0.4 is 5.32 Å². The molecule has 1 aliphatic heterocycles. The summed E-state index contributed by atoms with van der Waals surface area (Å²) in [7, 11) is 1.24. The Morgan fingerprint density at radius 3 is 2.33 bits per heavy atom. The van der Waals surface area contributed by atoms with E-state index >= 15 is 4.39 Å². The van der Waals surface area contributed by atoms with E-state index in [1.807, 2.05) is 18.2 Å². The van der Waals surface area contributed by atoms with E-state index in [-0.39, 0.29) is 28.3 Å². The van der Waals surface area contributed by atoms with Crippen LogP contribution in [0.5, 0.6) is 0 Å². The van der Waals surface area contributed by atoms with Crippen LogP contribution in [-0.2, 0) is 25.6 Å². The summed E-state index contributed by atoms with van der Waals surface area (Å²) < 4.78 is 25.7. The van der Waals surface area contributed by atoms with Gasteiger partial charge in [-0.05, 0) is 38.4 Å². The van der Waals surface area contributed by atoms with Crippen molar-refractivity contribution in [1.82, 2.24) is 10.2 Å². The van der Waals surface area contributed by atoms with Crippen LogP contribution in [-0.4, -0.2) is 43.6 Å². The molecule has 0 amide bonds. The summed E-state index contributed by atoms with van der Waals surface area (Å²) in [4.78, 5) is 28.3. The Bertz CT molecular complexity index is 1160. The van der Waals surface area contributed by atoms with E-state index in [9.17, 15) is 9.59 Å². The van der Waals surface area contributed by atoms with Crippen molar-refractivity contribution in [2.24, 2.45) is 0 Å². The summed E-state index contributed by atoms with van der Waals surface area (Å²) in [5.41, 5.74) is 2.56. The van der Waals surface area contributed by atoms with Crippen molar-refractivity contribution < 1.29 is 23.5 Å². The highest BCUT2D eigenvalue weighted by Gasteiger charge is 2.39. The van der Waals surface area contributed by atoms with Gasteiger partial charge in [0.25, 0.3) is 0 Å². The molecule has 0 bridgehead atoms. The highest BCUT2D eigenvalue weighted by atomic mass is 35.5. The number of hydrogen-bond acceptors (Lipinski definition) is 6. The van der Waals surface area contributed by atoms with E-state index in [2.05, 4.69) is 29.3 Å². The molecule has 3 rings (SSSR count). The lowest BCUT2D eigenvalue weighted by molar-refractivity contribution is -0.139. The molecule has 2 aromatic rings. The van der Waals surface area contributed by atoms with E-state index < -0.39 is 23.7 Å². The zero-order chi connectivity index (χ0) is 26.2. The highest BCUT2D eigenvalue weighted by Crippen LogP contribution is 2.41. The van der Waals surface area contributed by atoms with Crippen LogP contribution in [0.25, 0.3) is 0 Å². The van der Waals surface area contributed by atoms with Gasteiger partial charge in [0, 0.05) is 30.0 Å². The number of rotatable bonds is 10. The molecule has 0 spiro atoms. The van der Waals surface area contributed by atoms with Gasteiger partial charge in [-0.2, -0.15) is 0 Å². The number of allylic oxidation sites excluding steroid dienone is 2. The molecule has 192 valence electrons. The summed E-state index contributed by atoms with van der Waals surface area (Å²) in [6.45, 7) is 8.06. The molecule has 0 radical (unpaired) electrons. The van der Waals surface area contributed by atoms with Crippen molar-refractivity contribution in [2.75, 3.05) is 26.8 Å². The number of methoxy groups -OCH3 is 1. The normalized spacial score (nSPS) is 15.7. The molecule has 1 aliphatic rings. The van der Waals surface area contributed by atoms with Gasteiger partial charge in [0.05, 0.1) is 35.8 Å². The third kappa shape index (κ3) is 6.33. The molecule has 0 saturated carbocycles. The van der Waals surface area contributed by atoms with Crippen molar-refractivity contribution in [1.29, 1.82) is 0 Å². The molecule has 2 aromatic carbocycles. The second-order valence-electron chi connectivity index (χ2n) is 8.61. The molecule has 0 fully saturated rings. The quantitative estimate of drug-likeness (QED) is 0.341. The number of halogens is 2. The molecule has 6 nitrogen and oxygen atoms in total. The maximum atomic E-state index is 15.1. The van der Waals surface area contributed by atoms with Gasteiger partial charge in [-0.3, -0.25) is 4.90 Å². The average Bonchev–Trinajstić information content (AvgIpc) is 2.87. The SMILES string of the molecule is CCN(CCCOC(=O)C1=C(C)NC(C)=C(C(=O)OC)C1c1cccc(Cl)c1F)Cc1ccccc1. The van der Waals surface area contributed by atoms with Crippen molar-refractivity contribution >= 4 is 23.5 Å². The minimum atomic E-state index is -1.02. The number of ether oxygens (including phenoxy) is 2. The predicted octanol–water partition coefficient (Wildman–Crippen LogP) is 5.34. The fourth-order valence-electron chi connectivity index (χ4n) is 4.42. The lowest BCUT2D eigenvalue weighted by Gasteiger charge is -2.30. The standard InChI is InChI=1S/C28H32ClFN2O4/c1-5-32(17-20-11-7-6-8-12-20)15-10-16-36-28(34)24-19(3)31-18(2)23(27(33)35-4)25(24)21-13-9-14-22(29)26(21)30/h6-9,11-14,25,31H,5,10,15-17H2,1-4H3. The Morgan fingerprint density at radius 2 is 1.69 bits per heavy atom. The van der Waals surface area contributed by atoms with Gasteiger partial charge in [-0.1, -0.05) is 61.0 Å². The number of nitrogens with zero attached hydrogens (tertiary/aromatic N) is 1. The van der Waals surface area contributed by atoms with Gasteiger partial charge >= 0.3 is 11.9 Å². The molecule has 1 unspecified atom stereocenters. The maximum absolute atomic E-state index is 15.1. The van der Waals surface area contributed by atoms with Crippen LogP contribution in [0.2, 0.25) is 5.02 Å². The molecular formula is C28H32ClFN2O4. The first-order valence-corrected chi connectivity index (χ1v) is 12.3. The Hall–Kier alpha value is -3.16. The highest BCUT2D eigenvalue weighted by molar-refractivity contribution is 6.30. The summed E-state index contributed by atoms with van der Waals surface area (Å²) in [5, 5.41) is 2.95. The first-order chi connectivity index (χ1) is 17.3. The lowest BCUT2D eigenvalue weighted by Crippen LogP contribution is -2.33. The van der Waals surface area contributed by atoms with E-state index in [1.54, 1.807) is 19.9 Å². The first kappa shape index (κ1) is 27.4. The van der Waals surface area contributed by atoms with E-state index in [0.717, 1.165) is 19.6 Å². The molecule has 0 aromatic heterocycles. The Morgan fingerprint density at radius 1 is 1.03 bits per heavy atom. The number of carbonyl (C=O) groups excluding carboxylic acids is 2. The summed E-state index contributed by atoms with van der Waals surface area (Å²) in [5.74, 6) is -3.00. The summed E-state index contributed by atoms with van der Waals surface area (Å²) in [6.07, 6.45) is 0.626. The van der Waals surface area contributed by atoms with Crippen LogP contribution in [0.1, 0.15) is 44.2 Å². The number of esters is 2. The van der Waals surface area contributed by atoms with E-state index in [1.165, 1.54) is 24.8 Å². The molecule has 8 heteroatoms. The minimum Gasteiger partial charge on any atom is -0.466 e. The monoisotopic (exact) mass is 514 g/mol. The van der Waals surface area contributed by atoms with Crippen LogP contribution in [0.4, 0.5) is 4.39 Å². The van der Waals surface area contributed by atoms with Crippen LogP contribution >= 0.6 is 11.6 Å². The van der Waals surface area contributed by atoms with E-state index in [0.29, 0.717) is 17.8 Å². The molecule has 0 aliphatic carbocycles. The summed E-state index contributed by atoms with van der Waals surface area (Å²) in [6, 6.07) is 14.7. The van der Waals surface area contributed by atoms with Crippen LogP contribution in [0.3, 0.4) is 0 Å². The first-order valence-electron chi connectivity index (χ1n) is 11.9. The molecule has 1 N–H and O–H groups in total. The maximum Gasteiger partial charge on any atom is 0.336 e. The molecule has 1 heterocycles. The zero-order valence-corrected chi connectivity index (χ0v) is 21.8. The number of hydrogen-bond donors (Lipinski definition) is 1.